The largest absolute Gasteiger partial charge is 0.350 e. The maximum Gasteiger partial charge on any atom is 0.151 e. The zero-order valence-electron chi connectivity index (χ0n) is 12.9. The minimum absolute atomic E-state index is 0.0998. The van der Waals surface area contributed by atoms with Crippen molar-refractivity contribution in [3.63, 3.8) is 0 Å². The van der Waals surface area contributed by atoms with Gasteiger partial charge in [0.1, 0.15) is 0 Å². The summed E-state index contributed by atoms with van der Waals surface area (Å²) in [7, 11) is 0. The van der Waals surface area contributed by atoms with Gasteiger partial charge >= 0.3 is 0 Å². The van der Waals surface area contributed by atoms with Crippen LogP contribution in [0.3, 0.4) is 0 Å². The summed E-state index contributed by atoms with van der Waals surface area (Å²) in [6.45, 7) is 9.20. The molecule has 3 rings (SSSR count). The number of aromatic nitrogens is 2. The Kier molecular flexibility index (Phi) is 3.95. The van der Waals surface area contributed by atoms with E-state index in [0.717, 1.165) is 37.6 Å². The molecule has 1 aliphatic heterocycles. The summed E-state index contributed by atoms with van der Waals surface area (Å²) in [6.07, 6.45) is 1.11. The predicted octanol–water partition coefficient (Wildman–Crippen LogP) is 2.99. The summed E-state index contributed by atoms with van der Waals surface area (Å²) in [4.78, 5) is 3.83. The van der Waals surface area contributed by atoms with E-state index >= 15 is 0 Å². The molecule has 2 aromatic heterocycles. The number of anilines is 1. The van der Waals surface area contributed by atoms with Crippen molar-refractivity contribution in [2.75, 3.05) is 11.4 Å². The Morgan fingerprint density at radius 3 is 2.81 bits per heavy atom. The second-order valence-corrected chi connectivity index (χ2v) is 7.53. The fraction of sp³-hybridized carbons (Fsp3) is 0.500. The van der Waals surface area contributed by atoms with Crippen molar-refractivity contribution < 1.29 is 0 Å². The Balaban J connectivity index is 1.65. The van der Waals surface area contributed by atoms with Gasteiger partial charge in [-0.05, 0) is 56.3 Å². The molecule has 5 heteroatoms. The third-order valence-electron chi connectivity index (χ3n) is 3.64. The molecule has 2 aromatic rings. The first-order valence-corrected chi connectivity index (χ1v) is 8.27. The fourth-order valence-electron chi connectivity index (χ4n) is 2.42. The van der Waals surface area contributed by atoms with Crippen LogP contribution in [0.1, 0.15) is 36.9 Å². The molecule has 0 aliphatic carbocycles. The molecule has 0 saturated heterocycles. The summed E-state index contributed by atoms with van der Waals surface area (Å²) < 4.78 is 0. The topological polar surface area (TPSA) is 41.0 Å². The van der Waals surface area contributed by atoms with E-state index in [-0.39, 0.29) is 5.54 Å². The second-order valence-electron chi connectivity index (χ2n) is 6.53. The average Bonchev–Trinajstić information content (AvgIpc) is 2.92. The normalized spacial score (nSPS) is 15.1. The van der Waals surface area contributed by atoms with Crippen molar-refractivity contribution in [2.24, 2.45) is 0 Å². The standard InChI is InChI=1S/C16H22N4S/c1-16(2,3)17-10-13-4-5-15(19-18-13)20-8-6-14-12(11-20)7-9-21-14/h4-5,7,9,17H,6,8,10-11H2,1-3H3. The van der Waals surface area contributed by atoms with Gasteiger partial charge in [0.25, 0.3) is 0 Å². The molecule has 21 heavy (non-hydrogen) atoms. The van der Waals surface area contributed by atoms with Crippen molar-refractivity contribution in [3.8, 4) is 0 Å². The molecule has 0 amide bonds. The first kappa shape index (κ1) is 14.5. The second kappa shape index (κ2) is 5.73. The van der Waals surface area contributed by atoms with E-state index in [4.69, 9.17) is 0 Å². The van der Waals surface area contributed by atoms with Gasteiger partial charge in [0, 0.05) is 30.1 Å². The van der Waals surface area contributed by atoms with Gasteiger partial charge in [-0.2, -0.15) is 5.10 Å². The van der Waals surface area contributed by atoms with Gasteiger partial charge in [0.2, 0.25) is 0 Å². The lowest BCUT2D eigenvalue weighted by Crippen LogP contribution is -2.35. The maximum atomic E-state index is 4.40. The molecular formula is C16H22N4S. The van der Waals surface area contributed by atoms with Crippen LogP contribution in [0, 0.1) is 0 Å². The van der Waals surface area contributed by atoms with E-state index < -0.39 is 0 Å². The quantitative estimate of drug-likeness (QED) is 0.946. The highest BCUT2D eigenvalue weighted by atomic mass is 32.1. The van der Waals surface area contributed by atoms with Crippen LogP contribution in [0.2, 0.25) is 0 Å². The van der Waals surface area contributed by atoms with Crippen molar-refractivity contribution >= 4 is 17.2 Å². The van der Waals surface area contributed by atoms with Crippen LogP contribution in [0.15, 0.2) is 23.6 Å². The first-order chi connectivity index (χ1) is 10.0. The van der Waals surface area contributed by atoms with Gasteiger partial charge in [-0.1, -0.05) is 0 Å². The van der Waals surface area contributed by atoms with E-state index in [9.17, 15) is 0 Å². The van der Waals surface area contributed by atoms with Gasteiger partial charge in [0.15, 0.2) is 5.82 Å². The third-order valence-corrected chi connectivity index (χ3v) is 4.66. The lowest BCUT2D eigenvalue weighted by molar-refractivity contribution is 0.420. The van der Waals surface area contributed by atoms with Crippen LogP contribution in [-0.2, 0) is 19.5 Å². The minimum Gasteiger partial charge on any atom is -0.350 e. The van der Waals surface area contributed by atoms with Gasteiger partial charge < -0.3 is 10.2 Å². The molecule has 0 spiro atoms. The van der Waals surface area contributed by atoms with E-state index in [1.807, 2.05) is 11.3 Å². The SMILES string of the molecule is CC(C)(C)NCc1ccc(N2CCc3sccc3C2)nn1. The maximum absolute atomic E-state index is 4.40. The van der Waals surface area contributed by atoms with Crippen molar-refractivity contribution in [2.45, 2.75) is 45.8 Å². The molecule has 0 radical (unpaired) electrons. The van der Waals surface area contributed by atoms with Crippen LogP contribution in [0.5, 0.6) is 0 Å². The zero-order chi connectivity index (χ0) is 14.9. The van der Waals surface area contributed by atoms with Crippen molar-refractivity contribution in [1.29, 1.82) is 0 Å². The number of fused-ring (bicyclic) bond motifs is 1. The van der Waals surface area contributed by atoms with Crippen LogP contribution in [0.25, 0.3) is 0 Å². The Hall–Kier alpha value is -1.46. The van der Waals surface area contributed by atoms with Gasteiger partial charge in [0.05, 0.1) is 5.69 Å². The average molecular weight is 302 g/mol. The van der Waals surface area contributed by atoms with E-state index in [0.29, 0.717) is 0 Å². The number of rotatable bonds is 3. The summed E-state index contributed by atoms with van der Waals surface area (Å²) in [6, 6.07) is 6.38. The molecular weight excluding hydrogens is 280 g/mol. The molecule has 0 unspecified atom stereocenters. The van der Waals surface area contributed by atoms with Gasteiger partial charge in [-0.3, -0.25) is 0 Å². The highest BCUT2D eigenvalue weighted by molar-refractivity contribution is 7.10. The fourth-order valence-corrected chi connectivity index (χ4v) is 3.31. The van der Waals surface area contributed by atoms with Gasteiger partial charge in [-0.15, -0.1) is 16.4 Å². The lowest BCUT2D eigenvalue weighted by atomic mass is 10.1. The van der Waals surface area contributed by atoms with Crippen LogP contribution < -0.4 is 10.2 Å². The molecule has 4 nitrogen and oxygen atoms in total. The monoisotopic (exact) mass is 302 g/mol. The molecule has 112 valence electrons. The third kappa shape index (κ3) is 3.60. The van der Waals surface area contributed by atoms with E-state index in [1.54, 1.807) is 0 Å². The van der Waals surface area contributed by atoms with Crippen molar-refractivity contribution in [1.82, 2.24) is 15.5 Å². The van der Waals surface area contributed by atoms with Gasteiger partial charge in [-0.25, -0.2) is 0 Å². The molecule has 0 aromatic carbocycles. The lowest BCUT2D eigenvalue weighted by Gasteiger charge is -2.27. The number of hydrogen-bond acceptors (Lipinski definition) is 5. The Morgan fingerprint density at radius 2 is 2.10 bits per heavy atom. The van der Waals surface area contributed by atoms with Crippen LogP contribution in [-0.4, -0.2) is 22.3 Å². The van der Waals surface area contributed by atoms with E-state index in [1.165, 1.54) is 10.4 Å². The zero-order valence-corrected chi connectivity index (χ0v) is 13.7. The molecule has 1 aliphatic rings. The number of nitrogens with one attached hydrogen (secondary N) is 1. The number of nitrogens with zero attached hydrogens (tertiary/aromatic N) is 3. The molecule has 3 heterocycles. The first-order valence-electron chi connectivity index (χ1n) is 7.39. The highest BCUT2D eigenvalue weighted by Crippen LogP contribution is 2.26. The molecule has 0 saturated carbocycles. The summed E-state index contributed by atoms with van der Waals surface area (Å²) in [5.41, 5.74) is 2.52. The van der Waals surface area contributed by atoms with E-state index in [2.05, 4.69) is 64.8 Å². The number of hydrogen-bond donors (Lipinski definition) is 1. The Labute approximate surface area is 130 Å². The Morgan fingerprint density at radius 1 is 1.24 bits per heavy atom. The molecule has 0 atom stereocenters. The van der Waals surface area contributed by atoms with Crippen LogP contribution in [0.4, 0.5) is 5.82 Å². The minimum atomic E-state index is 0.0998. The Bertz CT molecular complexity index is 597. The summed E-state index contributed by atoms with van der Waals surface area (Å²) in [5, 5.41) is 14.4. The summed E-state index contributed by atoms with van der Waals surface area (Å²) >= 11 is 1.86. The molecule has 0 fully saturated rings. The smallest absolute Gasteiger partial charge is 0.151 e. The molecule has 0 bridgehead atoms. The van der Waals surface area contributed by atoms with Crippen molar-refractivity contribution in [3.05, 3.63) is 39.7 Å². The molecule has 1 N–H and O–H groups in total. The number of thiophene rings is 1. The summed E-state index contributed by atoms with van der Waals surface area (Å²) in [5.74, 6) is 0.978. The van der Waals surface area contributed by atoms with Crippen LogP contribution >= 0.6 is 11.3 Å². The predicted molar refractivity (Wildman–Crippen MR) is 87.7 cm³/mol. The highest BCUT2D eigenvalue weighted by Gasteiger charge is 2.18.